The first-order chi connectivity index (χ1) is 24.5. The van der Waals surface area contributed by atoms with E-state index in [-0.39, 0.29) is 54.5 Å². The van der Waals surface area contributed by atoms with Crippen molar-refractivity contribution in [2.45, 2.75) is 63.8 Å². The van der Waals surface area contributed by atoms with Crippen LogP contribution in [0.15, 0.2) is 36.5 Å². The lowest BCUT2D eigenvalue weighted by Gasteiger charge is -2.40. The van der Waals surface area contributed by atoms with Crippen LogP contribution in [0.4, 0.5) is 23.8 Å². The van der Waals surface area contributed by atoms with Gasteiger partial charge < -0.3 is 19.2 Å². The van der Waals surface area contributed by atoms with Crippen molar-refractivity contribution >= 4 is 45.2 Å². The van der Waals surface area contributed by atoms with Gasteiger partial charge in [0.15, 0.2) is 5.82 Å². The van der Waals surface area contributed by atoms with E-state index in [1.807, 2.05) is 4.90 Å². The van der Waals surface area contributed by atoms with Gasteiger partial charge in [-0.2, -0.15) is 9.97 Å². The molecule has 0 radical (unpaired) electrons. The minimum atomic E-state index is -0.766. The molecule has 3 aliphatic rings. The summed E-state index contributed by atoms with van der Waals surface area (Å²) < 4.78 is 56.9. The van der Waals surface area contributed by atoms with Crippen LogP contribution >= 0.6 is 11.6 Å². The molecule has 2 aromatic carbocycles. The van der Waals surface area contributed by atoms with E-state index >= 15 is 4.39 Å². The maximum Gasteiger partial charge on any atom is 0.410 e. The Labute approximate surface area is 299 Å². The van der Waals surface area contributed by atoms with Crippen LogP contribution in [-0.4, -0.2) is 101 Å². The Morgan fingerprint density at radius 3 is 2.73 bits per heavy atom. The molecule has 268 valence electrons. The first kappa shape index (κ1) is 35.0. The average Bonchev–Trinajstić information content (AvgIpc) is 3.71. The molecular formula is C37H39ClF3N7O3. The largest absolute Gasteiger partial charge is 0.462 e. The molecule has 4 heterocycles. The number of anilines is 1. The number of amides is 1. The summed E-state index contributed by atoms with van der Waals surface area (Å²) in [7, 11) is 0. The summed E-state index contributed by atoms with van der Waals surface area (Å²) in [5.41, 5.74) is -0.551. The van der Waals surface area contributed by atoms with Crippen molar-refractivity contribution < 1.29 is 27.4 Å². The maximum absolute atomic E-state index is 16.9. The zero-order valence-electron chi connectivity index (χ0n) is 28.7. The van der Waals surface area contributed by atoms with Crippen molar-refractivity contribution in [2.75, 3.05) is 50.9 Å². The van der Waals surface area contributed by atoms with E-state index in [9.17, 15) is 13.6 Å². The normalized spacial score (nSPS) is 22.2. The van der Waals surface area contributed by atoms with E-state index < -0.39 is 36.0 Å². The molecule has 7 rings (SSSR count). The van der Waals surface area contributed by atoms with Gasteiger partial charge in [-0.25, -0.2) is 24.5 Å². The van der Waals surface area contributed by atoms with Crippen LogP contribution in [0, 0.1) is 24.1 Å². The van der Waals surface area contributed by atoms with Gasteiger partial charge >= 0.3 is 12.1 Å². The van der Waals surface area contributed by atoms with Gasteiger partial charge in [-0.15, -0.1) is 0 Å². The number of hydrogen-bond donors (Lipinski definition) is 0. The first-order valence-electron chi connectivity index (χ1n) is 17.2. The Morgan fingerprint density at radius 2 is 1.96 bits per heavy atom. The van der Waals surface area contributed by atoms with Crippen LogP contribution in [0.1, 0.15) is 40.0 Å². The second-order valence-corrected chi connectivity index (χ2v) is 14.8. The number of carbonyl (C=O) groups is 1. The molecule has 3 fully saturated rings. The van der Waals surface area contributed by atoms with Crippen LogP contribution in [0.2, 0.25) is 5.02 Å². The second kappa shape index (κ2) is 14.0. The molecule has 1 aliphatic carbocycles. The molecule has 1 saturated carbocycles. The third-order valence-corrected chi connectivity index (χ3v) is 10.5. The molecule has 2 aliphatic heterocycles. The maximum atomic E-state index is 16.9. The number of rotatable bonds is 8. The van der Waals surface area contributed by atoms with E-state index in [0.717, 1.165) is 19.3 Å². The van der Waals surface area contributed by atoms with Crippen molar-refractivity contribution in [3.8, 4) is 17.3 Å². The smallest absolute Gasteiger partial charge is 0.410 e. The zero-order valence-corrected chi connectivity index (χ0v) is 29.5. The van der Waals surface area contributed by atoms with Crippen LogP contribution in [-0.2, 0) is 4.74 Å². The summed E-state index contributed by atoms with van der Waals surface area (Å²) in [5.74, 6) is -0.707. The van der Waals surface area contributed by atoms with Gasteiger partial charge in [0.2, 0.25) is 6.54 Å². The van der Waals surface area contributed by atoms with Crippen molar-refractivity contribution in [3.05, 3.63) is 64.6 Å². The molecule has 14 heteroatoms. The van der Waals surface area contributed by atoms with E-state index in [1.54, 1.807) is 49.9 Å². The molecule has 2 bridgehead atoms. The number of ether oxygens (including phenoxy) is 2. The lowest BCUT2D eigenvalue weighted by Crippen LogP contribution is -2.57. The predicted molar refractivity (Wildman–Crippen MR) is 189 cm³/mol. The molecule has 0 spiro atoms. The van der Waals surface area contributed by atoms with Crippen molar-refractivity contribution in [2.24, 2.45) is 5.92 Å². The molecule has 51 heavy (non-hydrogen) atoms. The fraction of sp³-hybridized carbons (Fsp3) is 0.486. The van der Waals surface area contributed by atoms with Crippen LogP contribution in [0.25, 0.3) is 37.8 Å². The molecule has 2 aromatic heterocycles. The van der Waals surface area contributed by atoms with Gasteiger partial charge in [-0.1, -0.05) is 35.9 Å². The van der Waals surface area contributed by atoms with Gasteiger partial charge in [-0.3, -0.25) is 14.8 Å². The van der Waals surface area contributed by atoms with Gasteiger partial charge in [0.25, 0.3) is 0 Å². The Kier molecular flexibility index (Phi) is 9.58. The summed E-state index contributed by atoms with van der Waals surface area (Å²) in [6.45, 7) is 13.8. The SMILES string of the molecule is [C-]#[N+]C[C@H]1CN(c2nc(OC[C@@H]3[C@@H]4CC[C@@H](C4)N3CCF)nc3c(F)c(-c4cccc5ccc(F)c(Cl)c45)ncc23)CCN1C(=O)OC(C)(C)C. The average molecular weight is 722 g/mol. The number of piperazine rings is 1. The standard InChI is InChI=1S/C37H39ClF3N7O3/c1-37(2,3)51-36(49)48-15-14-46(19-24(48)17-42-4)34-26-18-43-32(25-7-5-6-21-9-11-27(40)30(38)29(21)25)31(41)33(26)44-35(45-34)50-20-28-22-8-10-23(16-22)47(28)13-12-39/h5-7,9,11,18,22-24,28H,8,10,12-17,19-20H2,1-3H3/t22-,23+,24+,28-/m1/s1. The summed E-state index contributed by atoms with van der Waals surface area (Å²) in [6.07, 6.45) is 4.01. The Morgan fingerprint density at radius 1 is 1.14 bits per heavy atom. The van der Waals surface area contributed by atoms with E-state index in [4.69, 9.17) is 32.6 Å². The summed E-state index contributed by atoms with van der Waals surface area (Å²) in [5, 5.41) is 1.09. The second-order valence-electron chi connectivity index (χ2n) is 14.4. The van der Waals surface area contributed by atoms with E-state index in [2.05, 4.69) is 19.7 Å². The lowest BCUT2D eigenvalue weighted by atomic mass is 9.99. The first-order valence-corrected chi connectivity index (χ1v) is 17.6. The number of aromatic nitrogens is 3. The fourth-order valence-electron chi connectivity index (χ4n) is 7.91. The summed E-state index contributed by atoms with van der Waals surface area (Å²) >= 11 is 6.41. The Hall–Kier alpha value is -4.41. The highest BCUT2D eigenvalue weighted by Crippen LogP contribution is 2.43. The zero-order chi connectivity index (χ0) is 36.0. The number of alkyl halides is 1. The molecule has 4 aromatic rings. The minimum absolute atomic E-state index is 0.0198. The number of piperidine rings is 1. The highest BCUT2D eigenvalue weighted by molar-refractivity contribution is 6.36. The summed E-state index contributed by atoms with van der Waals surface area (Å²) in [6, 6.07) is 7.64. The van der Waals surface area contributed by atoms with Crippen LogP contribution in [0.5, 0.6) is 6.01 Å². The van der Waals surface area contributed by atoms with Crippen molar-refractivity contribution in [1.82, 2.24) is 24.8 Å². The van der Waals surface area contributed by atoms with Gasteiger partial charge in [0.05, 0.1) is 10.4 Å². The van der Waals surface area contributed by atoms with Crippen LogP contribution < -0.4 is 9.64 Å². The summed E-state index contributed by atoms with van der Waals surface area (Å²) in [4.78, 5) is 36.1. The third-order valence-electron chi connectivity index (χ3n) is 10.2. The fourth-order valence-corrected chi connectivity index (χ4v) is 8.19. The molecule has 10 nitrogen and oxygen atoms in total. The number of halogens is 4. The van der Waals surface area contributed by atoms with Gasteiger partial charge in [0, 0.05) is 55.4 Å². The van der Waals surface area contributed by atoms with Crippen LogP contribution in [0.3, 0.4) is 0 Å². The number of nitrogens with zero attached hydrogens (tertiary/aromatic N) is 7. The number of pyridine rings is 1. The topological polar surface area (TPSA) is 88.3 Å². The molecular weight excluding hydrogens is 683 g/mol. The van der Waals surface area contributed by atoms with Gasteiger partial charge in [-0.05, 0) is 57.4 Å². The molecule has 1 amide bonds. The lowest BCUT2D eigenvalue weighted by molar-refractivity contribution is 0.0155. The Balaban J connectivity index is 1.29. The number of hydrogen-bond acceptors (Lipinski definition) is 8. The monoisotopic (exact) mass is 721 g/mol. The highest BCUT2D eigenvalue weighted by Gasteiger charge is 2.46. The van der Waals surface area contributed by atoms with Crippen molar-refractivity contribution in [3.63, 3.8) is 0 Å². The van der Waals surface area contributed by atoms with E-state index in [1.165, 1.54) is 12.3 Å². The van der Waals surface area contributed by atoms with E-state index in [0.29, 0.717) is 52.6 Å². The quantitative estimate of drug-likeness (QED) is 0.175. The molecule has 2 saturated heterocycles. The molecule has 0 unspecified atom stereocenters. The molecule has 4 atom stereocenters. The molecule has 0 N–H and O–H groups in total. The number of benzene rings is 2. The highest BCUT2D eigenvalue weighted by atomic mass is 35.5. The van der Waals surface area contributed by atoms with Gasteiger partial charge in [0.1, 0.15) is 47.8 Å². The van der Waals surface area contributed by atoms with Crippen molar-refractivity contribution in [1.29, 1.82) is 0 Å². The number of fused-ring (bicyclic) bond motifs is 4. The number of carbonyl (C=O) groups excluding carboxylic acids is 1. The Bertz CT molecular complexity index is 2020. The minimum Gasteiger partial charge on any atom is -0.462 e. The predicted octanol–water partition coefficient (Wildman–Crippen LogP) is 7.32. The number of likely N-dealkylation sites (tertiary alicyclic amines) is 1. The third kappa shape index (κ3) is 6.71.